The summed E-state index contributed by atoms with van der Waals surface area (Å²) in [5, 5.41) is 0. The van der Waals surface area contributed by atoms with E-state index in [1.165, 1.54) is 12.0 Å². The molecule has 2 nitrogen and oxygen atoms in total. The number of rotatable bonds is 6. The molecule has 0 amide bonds. The molecule has 0 heterocycles. The summed E-state index contributed by atoms with van der Waals surface area (Å²) in [7, 11) is 0. The van der Waals surface area contributed by atoms with Crippen molar-refractivity contribution in [1.82, 2.24) is 0 Å². The Hall–Kier alpha value is -1.02. The van der Waals surface area contributed by atoms with Gasteiger partial charge in [-0.15, -0.1) is 0 Å². The van der Waals surface area contributed by atoms with Gasteiger partial charge in [0.2, 0.25) is 0 Å². The lowest BCUT2D eigenvalue weighted by Gasteiger charge is -2.11. The number of ether oxygens (including phenoxy) is 1. The Bertz CT molecular complexity index is 321. The zero-order valence-corrected chi connectivity index (χ0v) is 10.6. The lowest BCUT2D eigenvalue weighted by atomic mass is 10.1. The molecule has 0 aliphatic carbocycles. The largest absolute Gasteiger partial charge is 0.493 e. The predicted octanol–water partition coefficient (Wildman–Crippen LogP) is 3.27. The van der Waals surface area contributed by atoms with Gasteiger partial charge in [0.15, 0.2) is 0 Å². The molecule has 0 saturated heterocycles. The summed E-state index contributed by atoms with van der Waals surface area (Å²) >= 11 is 0. The molecule has 2 heteroatoms. The van der Waals surface area contributed by atoms with Crippen LogP contribution in [0.2, 0.25) is 0 Å². The fraction of sp³-hybridized carbons (Fsp3) is 0.571. The van der Waals surface area contributed by atoms with Crippen molar-refractivity contribution in [3.05, 3.63) is 29.3 Å². The van der Waals surface area contributed by atoms with Crippen LogP contribution in [-0.2, 0) is 6.54 Å². The number of hydrogen-bond donors (Lipinski definition) is 1. The molecule has 0 bridgehead atoms. The van der Waals surface area contributed by atoms with E-state index in [9.17, 15) is 0 Å². The van der Waals surface area contributed by atoms with Gasteiger partial charge in [-0.05, 0) is 42.9 Å². The maximum absolute atomic E-state index is 5.77. The number of nitrogens with two attached hydrogens (primary N) is 1. The van der Waals surface area contributed by atoms with Crippen molar-refractivity contribution in [3.63, 3.8) is 0 Å². The van der Waals surface area contributed by atoms with Gasteiger partial charge in [-0.1, -0.05) is 26.0 Å². The Morgan fingerprint density at radius 3 is 2.69 bits per heavy atom. The van der Waals surface area contributed by atoms with E-state index in [4.69, 9.17) is 10.5 Å². The van der Waals surface area contributed by atoms with E-state index >= 15 is 0 Å². The Kier molecular flexibility index (Phi) is 5.33. The van der Waals surface area contributed by atoms with Crippen molar-refractivity contribution in [3.8, 4) is 5.75 Å². The van der Waals surface area contributed by atoms with E-state index in [0.29, 0.717) is 6.54 Å². The quantitative estimate of drug-likeness (QED) is 0.748. The Balaban J connectivity index is 2.46. The minimum Gasteiger partial charge on any atom is -0.493 e. The van der Waals surface area contributed by atoms with Gasteiger partial charge in [0.1, 0.15) is 5.75 Å². The summed E-state index contributed by atoms with van der Waals surface area (Å²) < 4.78 is 5.77. The normalized spacial score (nSPS) is 10.8. The maximum Gasteiger partial charge on any atom is 0.122 e. The summed E-state index contributed by atoms with van der Waals surface area (Å²) in [4.78, 5) is 0. The average molecular weight is 221 g/mol. The van der Waals surface area contributed by atoms with Crippen molar-refractivity contribution in [2.45, 2.75) is 40.2 Å². The molecule has 1 aromatic carbocycles. The highest BCUT2D eigenvalue weighted by atomic mass is 16.5. The molecule has 16 heavy (non-hydrogen) atoms. The van der Waals surface area contributed by atoms with Crippen LogP contribution in [0.4, 0.5) is 0 Å². The topological polar surface area (TPSA) is 35.2 Å². The molecule has 0 unspecified atom stereocenters. The smallest absolute Gasteiger partial charge is 0.122 e. The third-order valence-corrected chi connectivity index (χ3v) is 2.67. The molecule has 2 N–H and O–H groups in total. The zero-order valence-electron chi connectivity index (χ0n) is 10.6. The van der Waals surface area contributed by atoms with Gasteiger partial charge in [0.05, 0.1) is 6.61 Å². The first-order valence-corrected chi connectivity index (χ1v) is 6.06. The van der Waals surface area contributed by atoms with Gasteiger partial charge in [-0.25, -0.2) is 0 Å². The fourth-order valence-electron chi connectivity index (χ4n) is 1.60. The SMILES string of the molecule is Cc1ccc(CN)cc1OCCCC(C)C. The third kappa shape index (κ3) is 4.23. The molecule has 1 aromatic rings. The van der Waals surface area contributed by atoms with Gasteiger partial charge in [-0.2, -0.15) is 0 Å². The summed E-state index contributed by atoms with van der Waals surface area (Å²) in [6, 6.07) is 6.17. The summed E-state index contributed by atoms with van der Waals surface area (Å²) in [6.45, 7) is 7.91. The van der Waals surface area contributed by atoms with Crippen LogP contribution in [0.5, 0.6) is 5.75 Å². The van der Waals surface area contributed by atoms with Crippen molar-refractivity contribution >= 4 is 0 Å². The van der Waals surface area contributed by atoms with E-state index in [-0.39, 0.29) is 0 Å². The van der Waals surface area contributed by atoms with Gasteiger partial charge >= 0.3 is 0 Å². The fourth-order valence-corrected chi connectivity index (χ4v) is 1.60. The summed E-state index contributed by atoms with van der Waals surface area (Å²) in [5.74, 6) is 1.73. The number of hydrogen-bond acceptors (Lipinski definition) is 2. The number of benzene rings is 1. The Labute approximate surface area is 98.8 Å². The van der Waals surface area contributed by atoms with Crippen LogP contribution < -0.4 is 10.5 Å². The van der Waals surface area contributed by atoms with Crippen LogP contribution in [0, 0.1) is 12.8 Å². The van der Waals surface area contributed by atoms with Crippen LogP contribution in [0.25, 0.3) is 0 Å². The molecule has 0 aliphatic heterocycles. The van der Waals surface area contributed by atoms with Crippen molar-refractivity contribution < 1.29 is 4.74 Å². The first-order valence-electron chi connectivity index (χ1n) is 6.06. The van der Waals surface area contributed by atoms with Crippen LogP contribution >= 0.6 is 0 Å². The van der Waals surface area contributed by atoms with Gasteiger partial charge < -0.3 is 10.5 Å². The molecule has 0 atom stereocenters. The molecule has 90 valence electrons. The highest BCUT2D eigenvalue weighted by Crippen LogP contribution is 2.19. The molecule has 1 rings (SSSR count). The van der Waals surface area contributed by atoms with E-state index in [0.717, 1.165) is 30.3 Å². The maximum atomic E-state index is 5.77. The Morgan fingerprint density at radius 1 is 1.31 bits per heavy atom. The van der Waals surface area contributed by atoms with E-state index < -0.39 is 0 Å². The second-order valence-electron chi connectivity index (χ2n) is 4.69. The second kappa shape index (κ2) is 6.54. The van der Waals surface area contributed by atoms with E-state index in [1.54, 1.807) is 0 Å². The zero-order chi connectivity index (χ0) is 12.0. The van der Waals surface area contributed by atoms with Crippen LogP contribution in [0.1, 0.15) is 37.8 Å². The Morgan fingerprint density at radius 2 is 2.06 bits per heavy atom. The van der Waals surface area contributed by atoms with Gasteiger partial charge in [0.25, 0.3) is 0 Å². The van der Waals surface area contributed by atoms with Gasteiger partial charge in [0, 0.05) is 6.54 Å². The second-order valence-corrected chi connectivity index (χ2v) is 4.69. The van der Waals surface area contributed by atoms with Crippen molar-refractivity contribution in [1.29, 1.82) is 0 Å². The monoisotopic (exact) mass is 221 g/mol. The molecule has 0 fully saturated rings. The lowest BCUT2D eigenvalue weighted by Crippen LogP contribution is -2.02. The molecular weight excluding hydrogens is 198 g/mol. The molecule has 0 spiro atoms. The lowest BCUT2D eigenvalue weighted by molar-refractivity contribution is 0.295. The van der Waals surface area contributed by atoms with E-state index in [1.807, 2.05) is 6.07 Å². The van der Waals surface area contributed by atoms with Crippen LogP contribution in [0.3, 0.4) is 0 Å². The van der Waals surface area contributed by atoms with Crippen molar-refractivity contribution in [2.75, 3.05) is 6.61 Å². The van der Waals surface area contributed by atoms with Crippen molar-refractivity contribution in [2.24, 2.45) is 11.7 Å². The van der Waals surface area contributed by atoms with E-state index in [2.05, 4.69) is 32.9 Å². The highest BCUT2D eigenvalue weighted by molar-refractivity contribution is 5.36. The van der Waals surface area contributed by atoms with Crippen LogP contribution in [0.15, 0.2) is 18.2 Å². The summed E-state index contributed by atoms with van der Waals surface area (Å²) in [6.07, 6.45) is 2.33. The summed E-state index contributed by atoms with van der Waals surface area (Å²) in [5.41, 5.74) is 7.92. The minimum absolute atomic E-state index is 0.572. The molecular formula is C14H23NO. The first kappa shape index (κ1) is 13.0. The third-order valence-electron chi connectivity index (χ3n) is 2.67. The first-order chi connectivity index (χ1) is 7.63. The standard InChI is InChI=1S/C14H23NO/c1-11(2)5-4-8-16-14-9-13(10-15)7-6-12(14)3/h6-7,9,11H,4-5,8,10,15H2,1-3H3. The molecule has 0 aromatic heterocycles. The molecule has 0 radical (unpaired) electrons. The molecule has 0 saturated carbocycles. The highest BCUT2D eigenvalue weighted by Gasteiger charge is 2.01. The number of aryl methyl sites for hydroxylation is 1. The molecule has 0 aliphatic rings. The van der Waals surface area contributed by atoms with Crippen LogP contribution in [-0.4, -0.2) is 6.61 Å². The minimum atomic E-state index is 0.572. The average Bonchev–Trinajstić information content (AvgIpc) is 2.26. The van der Waals surface area contributed by atoms with Gasteiger partial charge in [-0.3, -0.25) is 0 Å². The predicted molar refractivity (Wildman–Crippen MR) is 68.6 cm³/mol.